The van der Waals surface area contributed by atoms with Crippen LogP contribution in [0.4, 0.5) is 10.5 Å². The van der Waals surface area contributed by atoms with Crippen molar-refractivity contribution in [2.45, 2.75) is 64.1 Å². The fourth-order valence-electron chi connectivity index (χ4n) is 6.12. The van der Waals surface area contributed by atoms with Gasteiger partial charge in [-0.2, -0.15) is 5.10 Å². The zero-order chi connectivity index (χ0) is 26.2. The highest BCUT2D eigenvalue weighted by Gasteiger charge is 2.45. The molecule has 2 aromatic heterocycles. The van der Waals surface area contributed by atoms with Crippen LogP contribution >= 0.6 is 0 Å². The summed E-state index contributed by atoms with van der Waals surface area (Å²) in [4.78, 5) is 21.5. The summed E-state index contributed by atoms with van der Waals surface area (Å²) in [5, 5.41) is 11.2. The number of hydrogen-bond donors (Lipinski definition) is 2. The number of ether oxygens (including phenoxy) is 1. The first kappa shape index (κ1) is 25.7. The van der Waals surface area contributed by atoms with E-state index in [1.54, 1.807) is 0 Å². The van der Waals surface area contributed by atoms with Gasteiger partial charge in [0.1, 0.15) is 0 Å². The van der Waals surface area contributed by atoms with Gasteiger partial charge in [-0.1, -0.05) is 6.08 Å². The van der Waals surface area contributed by atoms with Crippen molar-refractivity contribution in [3.63, 3.8) is 0 Å². The van der Waals surface area contributed by atoms with Gasteiger partial charge in [0, 0.05) is 75.0 Å². The molecule has 2 N–H and O–H groups in total. The molecule has 3 aliphatic rings. The fourth-order valence-corrected chi connectivity index (χ4v) is 6.12. The topological polar surface area (TPSA) is 86.5 Å². The number of rotatable bonds is 5. The Morgan fingerprint density at radius 2 is 2.03 bits per heavy atom. The Labute approximate surface area is 219 Å². The number of amides is 2. The number of methoxy groups -OCH3 is 1. The lowest BCUT2D eigenvalue weighted by atomic mass is 9.72. The summed E-state index contributed by atoms with van der Waals surface area (Å²) < 4.78 is 8.10. The summed E-state index contributed by atoms with van der Waals surface area (Å²) in [7, 11) is 1.85. The molecule has 200 valence electrons. The van der Waals surface area contributed by atoms with Crippen molar-refractivity contribution in [1.82, 2.24) is 25.1 Å². The van der Waals surface area contributed by atoms with Gasteiger partial charge in [-0.3, -0.25) is 4.99 Å². The van der Waals surface area contributed by atoms with Crippen LogP contribution in [0, 0.1) is 5.92 Å². The number of nitrogens with zero attached hydrogens (tertiary/aromatic N) is 5. The van der Waals surface area contributed by atoms with Gasteiger partial charge in [0.2, 0.25) is 0 Å². The van der Waals surface area contributed by atoms with E-state index in [2.05, 4.69) is 65.1 Å². The number of carbonyl (C=O) groups is 1. The maximum atomic E-state index is 12.4. The zero-order valence-corrected chi connectivity index (χ0v) is 22.8. The Bertz CT molecular complexity index is 1190. The average molecular weight is 508 g/mol. The molecule has 9 nitrogen and oxygen atoms in total. The Kier molecular flexibility index (Phi) is 7.02. The van der Waals surface area contributed by atoms with Gasteiger partial charge in [0.15, 0.2) is 0 Å². The summed E-state index contributed by atoms with van der Waals surface area (Å²) in [6, 6.07) is 4.41. The second-order valence-electron chi connectivity index (χ2n) is 11.6. The Balaban J connectivity index is 1.30. The molecule has 2 amide bonds. The van der Waals surface area contributed by atoms with Gasteiger partial charge in [0.05, 0.1) is 22.5 Å². The van der Waals surface area contributed by atoms with Gasteiger partial charge in [-0.25, -0.2) is 9.31 Å². The molecule has 5 rings (SSSR count). The van der Waals surface area contributed by atoms with Crippen LogP contribution in [0.25, 0.3) is 11.2 Å². The van der Waals surface area contributed by atoms with Crippen LogP contribution in [-0.4, -0.2) is 83.8 Å². The summed E-state index contributed by atoms with van der Waals surface area (Å²) in [5.41, 5.74) is 4.12. The van der Waals surface area contributed by atoms with Crippen molar-refractivity contribution in [3.8, 4) is 0 Å². The number of piperidine rings is 1. The summed E-state index contributed by atoms with van der Waals surface area (Å²) in [5.74, 6) is 0.262. The molecule has 37 heavy (non-hydrogen) atoms. The SMILES string of the molecule is COC1(C2C=NC(c3cc4c(N5CCN(C(=O)NC(C)C)CC5)ccnn4c3)=CC2)CCNC(C)(C)C1. The number of fused-ring (bicyclic) bond motifs is 1. The van der Waals surface area contributed by atoms with E-state index in [0.29, 0.717) is 13.1 Å². The molecule has 0 saturated carbocycles. The number of nitrogens with one attached hydrogen (secondary N) is 2. The predicted octanol–water partition coefficient (Wildman–Crippen LogP) is 3.55. The zero-order valence-electron chi connectivity index (χ0n) is 22.8. The Hall–Kier alpha value is -2.91. The first-order valence-corrected chi connectivity index (χ1v) is 13.5. The van der Waals surface area contributed by atoms with Crippen molar-refractivity contribution in [1.29, 1.82) is 0 Å². The second-order valence-corrected chi connectivity index (χ2v) is 11.6. The third kappa shape index (κ3) is 5.25. The molecule has 0 aliphatic carbocycles. The van der Waals surface area contributed by atoms with Crippen LogP contribution in [0.15, 0.2) is 35.6 Å². The number of hydrogen-bond acceptors (Lipinski definition) is 6. The van der Waals surface area contributed by atoms with E-state index in [-0.39, 0.29) is 29.1 Å². The number of carbonyl (C=O) groups excluding carboxylic acids is 1. The minimum atomic E-state index is -0.186. The number of urea groups is 1. The van der Waals surface area contributed by atoms with E-state index in [0.717, 1.165) is 61.4 Å². The smallest absolute Gasteiger partial charge is 0.317 e. The van der Waals surface area contributed by atoms with Crippen LogP contribution in [0.3, 0.4) is 0 Å². The molecular weight excluding hydrogens is 466 g/mol. The van der Waals surface area contributed by atoms with Crippen LogP contribution in [0.1, 0.15) is 52.5 Å². The van der Waals surface area contributed by atoms with Crippen LogP contribution < -0.4 is 15.5 Å². The van der Waals surface area contributed by atoms with Crippen molar-refractivity contribution >= 4 is 29.1 Å². The van der Waals surface area contributed by atoms with E-state index in [4.69, 9.17) is 9.73 Å². The van der Waals surface area contributed by atoms with E-state index >= 15 is 0 Å². The molecule has 2 unspecified atom stereocenters. The molecule has 2 fully saturated rings. The lowest BCUT2D eigenvalue weighted by Gasteiger charge is -2.48. The highest BCUT2D eigenvalue weighted by molar-refractivity contribution is 5.83. The fraction of sp³-hybridized carbons (Fsp3) is 0.607. The molecule has 5 heterocycles. The largest absolute Gasteiger partial charge is 0.377 e. The van der Waals surface area contributed by atoms with E-state index in [1.807, 2.05) is 36.6 Å². The van der Waals surface area contributed by atoms with Crippen molar-refractivity contribution in [2.75, 3.05) is 44.7 Å². The molecule has 2 saturated heterocycles. The van der Waals surface area contributed by atoms with E-state index < -0.39 is 0 Å². The first-order valence-electron chi connectivity index (χ1n) is 13.5. The predicted molar refractivity (Wildman–Crippen MR) is 148 cm³/mol. The van der Waals surface area contributed by atoms with Gasteiger partial charge < -0.3 is 25.2 Å². The maximum absolute atomic E-state index is 12.4. The number of aromatic nitrogens is 2. The van der Waals surface area contributed by atoms with Crippen LogP contribution in [0.2, 0.25) is 0 Å². The van der Waals surface area contributed by atoms with Crippen LogP contribution in [-0.2, 0) is 4.74 Å². The molecule has 3 aliphatic heterocycles. The van der Waals surface area contributed by atoms with Gasteiger partial charge >= 0.3 is 6.03 Å². The average Bonchev–Trinajstić information content (AvgIpc) is 3.32. The quantitative estimate of drug-likeness (QED) is 0.646. The van der Waals surface area contributed by atoms with Gasteiger partial charge in [-0.05, 0) is 65.6 Å². The monoisotopic (exact) mass is 507 g/mol. The van der Waals surface area contributed by atoms with Crippen molar-refractivity contribution in [2.24, 2.45) is 10.9 Å². The third-order valence-electron chi connectivity index (χ3n) is 8.04. The maximum Gasteiger partial charge on any atom is 0.317 e. The molecule has 2 atom stereocenters. The van der Waals surface area contributed by atoms with Gasteiger partial charge in [0.25, 0.3) is 0 Å². The molecular formula is C28H41N7O2. The molecule has 0 radical (unpaired) electrons. The molecule has 0 spiro atoms. The highest BCUT2D eigenvalue weighted by atomic mass is 16.5. The minimum absolute atomic E-state index is 0.0169. The number of piperazine rings is 1. The minimum Gasteiger partial charge on any atom is -0.377 e. The number of anilines is 1. The molecule has 0 aromatic carbocycles. The standard InChI is InChI=1S/C28H41N7O2/c1-20(2)32-26(36)34-14-12-33(13-15-34)24-8-10-31-35-18-21(16-25(24)35)23-7-6-22(17-29-23)28(37-5)9-11-30-27(3,4)19-28/h7-8,10,16-18,20,22,30H,6,9,11-15,19H2,1-5H3,(H,32,36). The molecule has 9 heteroatoms. The van der Waals surface area contributed by atoms with E-state index in [9.17, 15) is 4.79 Å². The summed E-state index contributed by atoms with van der Waals surface area (Å²) >= 11 is 0. The van der Waals surface area contributed by atoms with E-state index in [1.165, 1.54) is 0 Å². The van der Waals surface area contributed by atoms with Crippen LogP contribution in [0.5, 0.6) is 0 Å². The lowest BCUT2D eigenvalue weighted by Crippen LogP contribution is -2.58. The molecule has 2 aromatic rings. The first-order chi connectivity index (χ1) is 17.7. The lowest BCUT2D eigenvalue weighted by molar-refractivity contribution is -0.0803. The normalized spacial score (nSPS) is 26.0. The summed E-state index contributed by atoms with van der Waals surface area (Å²) in [6.07, 6.45) is 11.1. The molecule has 0 bridgehead atoms. The number of allylic oxidation sites excluding steroid dienone is 1. The third-order valence-corrected chi connectivity index (χ3v) is 8.04. The second kappa shape index (κ2) is 10.1. The Morgan fingerprint density at radius 3 is 2.68 bits per heavy atom. The van der Waals surface area contributed by atoms with Gasteiger partial charge in [-0.15, -0.1) is 0 Å². The summed E-state index contributed by atoms with van der Waals surface area (Å²) in [6.45, 7) is 12.4. The Morgan fingerprint density at radius 1 is 1.24 bits per heavy atom. The highest BCUT2D eigenvalue weighted by Crippen LogP contribution is 2.40. The van der Waals surface area contributed by atoms with Crippen molar-refractivity contribution < 1.29 is 9.53 Å². The van der Waals surface area contributed by atoms with Crippen molar-refractivity contribution in [3.05, 3.63) is 36.2 Å². The number of aliphatic imine (C=N–C) groups is 1.